The number of hydrogen-bond acceptors (Lipinski definition) is 4. The van der Waals surface area contributed by atoms with Crippen molar-refractivity contribution < 1.29 is 53.5 Å². The molecule has 0 fully saturated rings. The fourth-order valence-electron chi connectivity index (χ4n) is 1.96. The maximum absolute atomic E-state index is 11.9. The van der Waals surface area contributed by atoms with E-state index in [9.17, 15) is 13.2 Å². The molecule has 0 aromatic heterocycles. The zero-order valence-electron chi connectivity index (χ0n) is 14.5. The molecule has 0 amide bonds. The van der Waals surface area contributed by atoms with Crippen LogP contribution in [0.5, 0.6) is 5.75 Å². The van der Waals surface area contributed by atoms with Crippen LogP contribution in [0.2, 0.25) is 0 Å². The Hall–Kier alpha value is -0.110. The van der Waals surface area contributed by atoms with Crippen molar-refractivity contribution in [1.82, 2.24) is 0 Å². The van der Waals surface area contributed by atoms with E-state index in [4.69, 9.17) is 20.9 Å². The van der Waals surface area contributed by atoms with E-state index in [-0.39, 0.29) is 36.7 Å². The topological polar surface area (TPSA) is 80.7 Å². The summed E-state index contributed by atoms with van der Waals surface area (Å²) in [6, 6.07) is 5.38. The minimum Gasteiger partial charge on any atom is -1.00 e. The molecule has 0 aliphatic carbocycles. The smallest absolute Gasteiger partial charge is 1.00 e. The number of halogens is 1. The Bertz CT molecular complexity index is 597. The van der Waals surface area contributed by atoms with Gasteiger partial charge in [0.25, 0.3) is 10.1 Å². The van der Waals surface area contributed by atoms with Crippen LogP contribution in [-0.2, 0) is 14.9 Å². The number of unbranched alkanes of at least 4 members (excludes halogenated alkanes) is 4. The number of benzene rings is 1. The van der Waals surface area contributed by atoms with Gasteiger partial charge in [-0.25, -0.2) is 0 Å². The van der Waals surface area contributed by atoms with Crippen molar-refractivity contribution >= 4 is 27.7 Å². The van der Waals surface area contributed by atoms with Gasteiger partial charge in [-0.1, -0.05) is 51.2 Å². The molecule has 8 heteroatoms. The van der Waals surface area contributed by atoms with Gasteiger partial charge < -0.3 is 6.16 Å². The van der Waals surface area contributed by atoms with Gasteiger partial charge in [0.1, 0.15) is 10.3 Å². The van der Waals surface area contributed by atoms with Gasteiger partial charge in [-0.05, 0) is 18.6 Å². The molecule has 0 saturated heterocycles. The normalized spacial score (nSPS) is 12.3. The van der Waals surface area contributed by atoms with E-state index in [0.29, 0.717) is 6.42 Å². The van der Waals surface area contributed by atoms with E-state index in [1.807, 2.05) is 0 Å². The molecule has 0 bridgehead atoms. The first-order valence-corrected chi connectivity index (χ1v) is 9.16. The number of hydrogen-bond donors (Lipinski definition) is 1. The first-order valence-electron chi connectivity index (χ1n) is 7.28. The predicted octanol–water partition coefficient (Wildman–Crippen LogP) is 0.923. The van der Waals surface area contributed by atoms with Crippen molar-refractivity contribution in [1.29, 1.82) is 0 Å². The standard InChI is InChI=1S/C15H21ClO5S.Na.H/c1-2-3-4-5-6-9-12(16)15(17)21-13-10-7-8-11-14(13)22(18,19)20;;/h7-8,10-12H,2-6,9H2,1H3,(H,18,19,20);;/q;+1;-1. The van der Waals surface area contributed by atoms with E-state index >= 15 is 0 Å². The third-order valence-electron chi connectivity index (χ3n) is 3.15. The number of ether oxygens (including phenoxy) is 1. The molecule has 1 aromatic rings. The number of carbonyl (C=O) groups excluding carboxylic acids is 1. The summed E-state index contributed by atoms with van der Waals surface area (Å²) >= 11 is 5.97. The third kappa shape index (κ3) is 8.52. The molecule has 0 aliphatic rings. The Kier molecular flexibility index (Phi) is 11.4. The quantitative estimate of drug-likeness (QED) is 0.174. The van der Waals surface area contributed by atoms with Crippen molar-refractivity contribution in [3.05, 3.63) is 24.3 Å². The Balaban J connectivity index is 0. The molecule has 1 N–H and O–H groups in total. The predicted molar refractivity (Wildman–Crippen MR) is 86.0 cm³/mol. The second-order valence-corrected chi connectivity index (χ2v) is 6.93. The zero-order chi connectivity index (χ0) is 16.6. The first kappa shape index (κ1) is 22.9. The maximum atomic E-state index is 11.9. The van der Waals surface area contributed by atoms with Gasteiger partial charge in [0.15, 0.2) is 5.75 Å². The SMILES string of the molecule is CCCCCCCC(Cl)C(=O)Oc1ccccc1S(=O)(=O)O.[H-].[Na+]. The zero-order valence-corrected chi connectivity index (χ0v) is 17.1. The number of rotatable bonds is 9. The Morgan fingerprint density at radius 1 is 1.26 bits per heavy atom. The molecule has 1 rings (SSSR count). The van der Waals surface area contributed by atoms with Crippen molar-refractivity contribution in [2.24, 2.45) is 0 Å². The minimum atomic E-state index is -4.45. The Morgan fingerprint density at radius 2 is 1.87 bits per heavy atom. The van der Waals surface area contributed by atoms with Crippen LogP contribution in [0.1, 0.15) is 46.9 Å². The summed E-state index contributed by atoms with van der Waals surface area (Å²) in [6.45, 7) is 2.12. The fraction of sp³-hybridized carbons (Fsp3) is 0.533. The number of alkyl halides is 1. The largest absolute Gasteiger partial charge is 1.00 e. The average Bonchev–Trinajstić information content (AvgIpc) is 2.46. The second-order valence-electron chi connectivity index (χ2n) is 5.01. The molecule has 23 heavy (non-hydrogen) atoms. The molecule has 0 radical (unpaired) electrons. The molecular formula is C15H22ClNaO5S. The summed E-state index contributed by atoms with van der Waals surface area (Å²) in [5.74, 6) is -0.931. The van der Waals surface area contributed by atoms with Gasteiger partial charge in [-0.3, -0.25) is 9.35 Å². The van der Waals surface area contributed by atoms with Crippen LogP contribution in [-0.4, -0.2) is 24.3 Å². The molecule has 1 aromatic carbocycles. The van der Waals surface area contributed by atoms with Gasteiger partial charge in [0.2, 0.25) is 0 Å². The number of carbonyl (C=O) groups is 1. The molecule has 0 heterocycles. The van der Waals surface area contributed by atoms with E-state index in [0.717, 1.165) is 38.2 Å². The van der Waals surface area contributed by atoms with Crippen molar-refractivity contribution in [3.63, 3.8) is 0 Å². The summed E-state index contributed by atoms with van der Waals surface area (Å²) in [7, 11) is -4.45. The van der Waals surface area contributed by atoms with Crippen LogP contribution in [0.4, 0.5) is 0 Å². The van der Waals surface area contributed by atoms with Gasteiger partial charge in [0, 0.05) is 0 Å². The van der Waals surface area contributed by atoms with Crippen LogP contribution in [0, 0.1) is 0 Å². The Morgan fingerprint density at radius 3 is 2.48 bits per heavy atom. The molecule has 1 atom stereocenters. The number of para-hydroxylation sites is 1. The monoisotopic (exact) mass is 372 g/mol. The van der Waals surface area contributed by atoms with Gasteiger partial charge >= 0.3 is 35.5 Å². The minimum absolute atomic E-state index is 0. The van der Waals surface area contributed by atoms with Crippen molar-refractivity contribution in [2.45, 2.75) is 55.7 Å². The summed E-state index contributed by atoms with van der Waals surface area (Å²) in [6.07, 6.45) is 5.66. The summed E-state index contributed by atoms with van der Waals surface area (Å²) in [5, 5.41) is -0.837. The molecule has 0 saturated carbocycles. The number of esters is 1. The summed E-state index contributed by atoms with van der Waals surface area (Å²) in [4.78, 5) is 11.4. The summed E-state index contributed by atoms with van der Waals surface area (Å²) < 4.78 is 36.5. The van der Waals surface area contributed by atoms with E-state index in [2.05, 4.69) is 6.92 Å². The molecule has 0 aliphatic heterocycles. The molecule has 1 unspecified atom stereocenters. The fourth-order valence-corrected chi connectivity index (χ4v) is 2.78. The van der Waals surface area contributed by atoms with Gasteiger partial charge in [-0.2, -0.15) is 8.42 Å². The van der Waals surface area contributed by atoms with E-state index in [1.54, 1.807) is 0 Å². The van der Waals surface area contributed by atoms with E-state index < -0.39 is 26.4 Å². The molecular weight excluding hydrogens is 351 g/mol. The summed E-state index contributed by atoms with van der Waals surface area (Å²) in [5.41, 5.74) is 0. The van der Waals surface area contributed by atoms with E-state index in [1.165, 1.54) is 18.2 Å². The van der Waals surface area contributed by atoms with Crippen LogP contribution in [0.15, 0.2) is 29.2 Å². The van der Waals surface area contributed by atoms with Crippen LogP contribution in [0.25, 0.3) is 0 Å². The van der Waals surface area contributed by atoms with Crippen molar-refractivity contribution in [3.8, 4) is 5.75 Å². The molecule has 5 nitrogen and oxygen atoms in total. The average molecular weight is 373 g/mol. The van der Waals surface area contributed by atoms with Crippen LogP contribution < -0.4 is 34.3 Å². The van der Waals surface area contributed by atoms with Crippen LogP contribution >= 0.6 is 11.6 Å². The molecule has 126 valence electrons. The Labute approximate surface area is 166 Å². The first-order chi connectivity index (χ1) is 10.4. The second kappa shape index (κ2) is 11.4. The van der Waals surface area contributed by atoms with Crippen molar-refractivity contribution in [2.75, 3.05) is 0 Å². The van der Waals surface area contributed by atoms with Gasteiger partial charge in [0.05, 0.1) is 0 Å². The third-order valence-corrected chi connectivity index (χ3v) is 4.44. The molecule has 0 spiro atoms. The maximum Gasteiger partial charge on any atom is 1.00 e. The van der Waals surface area contributed by atoms with Gasteiger partial charge in [-0.15, -0.1) is 11.6 Å². The van der Waals surface area contributed by atoms with Crippen LogP contribution in [0.3, 0.4) is 0 Å².